The average Bonchev–Trinajstić information content (AvgIpc) is 2.41. The van der Waals surface area contributed by atoms with Crippen molar-refractivity contribution in [3.63, 3.8) is 0 Å². The van der Waals surface area contributed by atoms with Gasteiger partial charge in [0, 0.05) is 11.5 Å². The largest absolute Gasteiger partial charge is 0.481 e. The molecule has 2 aromatic rings. The van der Waals surface area contributed by atoms with Gasteiger partial charge in [0.1, 0.15) is 0 Å². The van der Waals surface area contributed by atoms with Gasteiger partial charge in [0.25, 0.3) is 0 Å². The van der Waals surface area contributed by atoms with E-state index in [1.165, 1.54) is 5.56 Å². The first-order valence-electron chi connectivity index (χ1n) is 6.16. The number of thioether (sulfide) groups is 1. The normalized spacial score (nSPS) is 10.3. The Morgan fingerprint density at radius 1 is 0.895 bits per heavy atom. The van der Waals surface area contributed by atoms with Crippen molar-refractivity contribution < 1.29 is 9.90 Å². The first-order valence-corrected chi connectivity index (χ1v) is 7.31. The summed E-state index contributed by atoms with van der Waals surface area (Å²) in [7, 11) is 0. The van der Waals surface area contributed by atoms with Gasteiger partial charge >= 0.3 is 5.97 Å². The van der Waals surface area contributed by atoms with Crippen molar-refractivity contribution in [2.24, 2.45) is 0 Å². The van der Waals surface area contributed by atoms with Gasteiger partial charge in [0.2, 0.25) is 0 Å². The van der Waals surface area contributed by atoms with Crippen LogP contribution in [0.5, 0.6) is 0 Å². The molecule has 2 aromatic carbocycles. The molecule has 0 amide bonds. The van der Waals surface area contributed by atoms with Crippen LogP contribution in [0.1, 0.15) is 16.7 Å². The summed E-state index contributed by atoms with van der Waals surface area (Å²) in [6, 6.07) is 18.1. The van der Waals surface area contributed by atoms with Crippen molar-refractivity contribution >= 4 is 17.7 Å². The van der Waals surface area contributed by atoms with E-state index in [0.717, 1.165) is 22.6 Å². The molecule has 19 heavy (non-hydrogen) atoms. The van der Waals surface area contributed by atoms with Crippen LogP contribution in [0.4, 0.5) is 0 Å². The summed E-state index contributed by atoms with van der Waals surface area (Å²) in [5, 5.41) is 8.89. The van der Waals surface area contributed by atoms with Crippen molar-refractivity contribution in [1.29, 1.82) is 0 Å². The number of carboxylic acid groups (broad SMARTS) is 1. The molecule has 3 heteroatoms. The van der Waals surface area contributed by atoms with Gasteiger partial charge in [0.05, 0.1) is 6.42 Å². The zero-order chi connectivity index (χ0) is 13.5. The van der Waals surface area contributed by atoms with E-state index < -0.39 is 5.97 Å². The summed E-state index contributed by atoms with van der Waals surface area (Å²) in [5.41, 5.74) is 3.32. The highest BCUT2D eigenvalue weighted by molar-refractivity contribution is 7.97. The van der Waals surface area contributed by atoms with Crippen molar-refractivity contribution in [3.8, 4) is 0 Å². The Labute approximate surface area is 117 Å². The Morgan fingerprint density at radius 3 is 2.21 bits per heavy atom. The predicted octanol–water partition coefficient (Wildman–Crippen LogP) is 3.75. The number of benzene rings is 2. The number of hydrogen-bond acceptors (Lipinski definition) is 2. The molecular formula is C16H16O2S. The molecule has 0 saturated carbocycles. The lowest BCUT2D eigenvalue weighted by molar-refractivity contribution is -0.136. The molecule has 0 radical (unpaired) electrons. The van der Waals surface area contributed by atoms with E-state index in [0.29, 0.717) is 0 Å². The van der Waals surface area contributed by atoms with Crippen LogP contribution >= 0.6 is 11.8 Å². The predicted molar refractivity (Wildman–Crippen MR) is 79.2 cm³/mol. The standard InChI is InChI=1S/C16H16O2S/c17-16(18)10-14-8-4-5-9-15(14)12-19-11-13-6-2-1-3-7-13/h1-9H,10-12H2,(H,17,18). The Morgan fingerprint density at radius 2 is 1.53 bits per heavy atom. The summed E-state index contributed by atoms with van der Waals surface area (Å²) in [6.45, 7) is 0. The van der Waals surface area contributed by atoms with Crippen molar-refractivity contribution in [2.45, 2.75) is 17.9 Å². The third-order valence-corrected chi connectivity index (χ3v) is 3.88. The van der Waals surface area contributed by atoms with E-state index >= 15 is 0 Å². The van der Waals surface area contributed by atoms with Crippen LogP contribution in [0, 0.1) is 0 Å². The topological polar surface area (TPSA) is 37.3 Å². The van der Waals surface area contributed by atoms with E-state index in [1.807, 2.05) is 54.2 Å². The van der Waals surface area contributed by atoms with Crippen LogP contribution in [0.15, 0.2) is 54.6 Å². The molecule has 1 N–H and O–H groups in total. The third kappa shape index (κ3) is 4.45. The molecule has 2 rings (SSSR count). The van der Waals surface area contributed by atoms with Crippen molar-refractivity contribution in [3.05, 3.63) is 71.3 Å². The summed E-state index contributed by atoms with van der Waals surface area (Å²) in [5.74, 6) is 1.01. The number of aliphatic carboxylic acids is 1. The van der Waals surface area contributed by atoms with E-state index in [4.69, 9.17) is 5.11 Å². The monoisotopic (exact) mass is 272 g/mol. The van der Waals surface area contributed by atoms with Crippen LogP contribution in [0.25, 0.3) is 0 Å². The van der Waals surface area contributed by atoms with E-state index in [-0.39, 0.29) is 6.42 Å². The maximum Gasteiger partial charge on any atom is 0.307 e. The number of carboxylic acids is 1. The SMILES string of the molecule is O=C(O)Cc1ccccc1CSCc1ccccc1. The first kappa shape index (κ1) is 13.7. The molecule has 0 saturated heterocycles. The Hall–Kier alpha value is -1.74. The molecule has 0 fully saturated rings. The minimum Gasteiger partial charge on any atom is -0.481 e. The third-order valence-electron chi connectivity index (χ3n) is 2.83. The fourth-order valence-corrected chi connectivity index (χ4v) is 2.92. The molecule has 0 spiro atoms. The molecule has 0 heterocycles. The lowest BCUT2D eigenvalue weighted by Crippen LogP contribution is -2.02. The fourth-order valence-electron chi connectivity index (χ4n) is 1.89. The minimum absolute atomic E-state index is 0.0993. The van der Waals surface area contributed by atoms with Gasteiger partial charge in [0.15, 0.2) is 0 Å². The van der Waals surface area contributed by atoms with Gasteiger partial charge in [-0.3, -0.25) is 4.79 Å². The molecule has 0 aliphatic rings. The molecule has 0 aliphatic heterocycles. The van der Waals surface area contributed by atoms with Gasteiger partial charge in [-0.15, -0.1) is 0 Å². The van der Waals surface area contributed by atoms with Crippen molar-refractivity contribution in [1.82, 2.24) is 0 Å². The highest BCUT2D eigenvalue weighted by Gasteiger charge is 2.06. The lowest BCUT2D eigenvalue weighted by Gasteiger charge is -2.07. The zero-order valence-corrected chi connectivity index (χ0v) is 11.4. The van der Waals surface area contributed by atoms with Gasteiger partial charge < -0.3 is 5.11 Å². The van der Waals surface area contributed by atoms with Crippen LogP contribution in [-0.4, -0.2) is 11.1 Å². The highest BCUT2D eigenvalue weighted by atomic mass is 32.2. The minimum atomic E-state index is -0.777. The molecule has 0 bridgehead atoms. The maximum absolute atomic E-state index is 10.8. The lowest BCUT2D eigenvalue weighted by atomic mass is 10.1. The van der Waals surface area contributed by atoms with Gasteiger partial charge in [-0.1, -0.05) is 54.6 Å². The fraction of sp³-hybridized carbons (Fsp3) is 0.188. The second-order valence-electron chi connectivity index (χ2n) is 4.32. The first-order chi connectivity index (χ1) is 9.25. The van der Waals surface area contributed by atoms with Gasteiger partial charge in [-0.2, -0.15) is 11.8 Å². The molecule has 0 unspecified atom stereocenters. The van der Waals surface area contributed by atoms with Gasteiger partial charge in [-0.05, 0) is 16.7 Å². The molecule has 0 aromatic heterocycles. The van der Waals surface area contributed by atoms with Gasteiger partial charge in [-0.25, -0.2) is 0 Å². The average molecular weight is 272 g/mol. The van der Waals surface area contributed by atoms with E-state index in [9.17, 15) is 4.79 Å². The number of hydrogen-bond donors (Lipinski definition) is 1. The van der Waals surface area contributed by atoms with E-state index in [2.05, 4.69) is 12.1 Å². The summed E-state index contributed by atoms with van der Waals surface area (Å²) < 4.78 is 0. The molecule has 0 atom stereocenters. The van der Waals surface area contributed by atoms with Crippen molar-refractivity contribution in [2.75, 3.05) is 0 Å². The van der Waals surface area contributed by atoms with E-state index in [1.54, 1.807) is 0 Å². The number of carbonyl (C=O) groups is 1. The summed E-state index contributed by atoms with van der Waals surface area (Å²) >= 11 is 1.81. The Kier molecular flexibility index (Phi) is 5.04. The smallest absolute Gasteiger partial charge is 0.307 e. The molecule has 2 nitrogen and oxygen atoms in total. The quantitative estimate of drug-likeness (QED) is 0.870. The summed E-state index contributed by atoms with van der Waals surface area (Å²) in [6.07, 6.45) is 0.0993. The second kappa shape index (κ2) is 7.00. The molecule has 98 valence electrons. The molecular weight excluding hydrogens is 256 g/mol. The number of rotatable bonds is 6. The zero-order valence-electron chi connectivity index (χ0n) is 10.6. The maximum atomic E-state index is 10.8. The summed E-state index contributed by atoms with van der Waals surface area (Å²) in [4.78, 5) is 10.8. The van der Waals surface area contributed by atoms with Crippen LogP contribution in [-0.2, 0) is 22.7 Å². The van der Waals surface area contributed by atoms with Crippen LogP contribution in [0.2, 0.25) is 0 Å². The highest BCUT2D eigenvalue weighted by Crippen LogP contribution is 2.20. The molecule has 0 aliphatic carbocycles. The Bertz CT molecular complexity index is 537. The Balaban J connectivity index is 1.94. The second-order valence-corrected chi connectivity index (χ2v) is 5.30. The van der Waals surface area contributed by atoms with Crippen LogP contribution < -0.4 is 0 Å². The van der Waals surface area contributed by atoms with Crippen LogP contribution in [0.3, 0.4) is 0 Å².